The fraction of sp³-hybridized carbons (Fsp3) is 0.833. The predicted molar refractivity (Wildman–Crippen MR) is 217 cm³/mol. The number of nitrogens with two attached hydrogens (primary N) is 1. The number of aliphatic hydroxyl groups is 1. The van der Waals surface area contributed by atoms with Crippen LogP contribution in [0.2, 0.25) is 0 Å². The molecule has 9 heteroatoms. The second-order valence-corrected chi connectivity index (χ2v) is 15.6. The molecule has 0 aromatic heterocycles. The average molecular weight is 741 g/mol. The molecule has 0 heterocycles. The Hall–Kier alpha value is -1.28. The Bertz CT molecular complexity index is 897. The standard InChI is InChI=1S/C42H81N2O6P/c1-3-5-7-9-11-13-15-16-17-18-19-20-21-22-23-24-25-26-28-30-32-34-36-42(46)44-40(39-50-51(47,48)49-38-37-43)41(45)35-33-31-29-27-14-12-10-8-6-4-2/h6,8,14,27,33,35,40-41,45H,3-5,7,9-13,15-26,28-32,34,36-39,43H2,1-2H3,(H,44,46)(H,47,48)/b8-6+,27-14+,35-33+. The zero-order valence-corrected chi connectivity index (χ0v) is 34.0. The van der Waals surface area contributed by atoms with E-state index in [1.54, 1.807) is 6.08 Å². The highest BCUT2D eigenvalue weighted by molar-refractivity contribution is 7.47. The van der Waals surface area contributed by atoms with Crippen molar-refractivity contribution in [2.45, 2.75) is 206 Å². The van der Waals surface area contributed by atoms with Crippen LogP contribution in [-0.4, -0.2) is 47.8 Å². The van der Waals surface area contributed by atoms with Crippen molar-refractivity contribution in [3.05, 3.63) is 36.5 Å². The molecule has 0 aliphatic heterocycles. The maximum atomic E-state index is 12.7. The quantitative estimate of drug-likeness (QED) is 0.0280. The van der Waals surface area contributed by atoms with E-state index in [4.69, 9.17) is 14.8 Å². The number of hydrogen-bond acceptors (Lipinski definition) is 6. The molecule has 3 atom stereocenters. The fourth-order valence-electron chi connectivity index (χ4n) is 6.05. The summed E-state index contributed by atoms with van der Waals surface area (Å²) in [4.78, 5) is 22.6. The van der Waals surface area contributed by atoms with Crippen LogP contribution >= 0.6 is 7.82 Å². The van der Waals surface area contributed by atoms with Crippen molar-refractivity contribution in [3.63, 3.8) is 0 Å². The molecule has 1 amide bonds. The van der Waals surface area contributed by atoms with Crippen LogP contribution in [0.1, 0.15) is 194 Å². The summed E-state index contributed by atoms with van der Waals surface area (Å²) >= 11 is 0. The summed E-state index contributed by atoms with van der Waals surface area (Å²) in [7, 11) is -4.34. The Balaban J connectivity index is 4.08. The Morgan fingerprint density at radius 2 is 1.06 bits per heavy atom. The van der Waals surface area contributed by atoms with Gasteiger partial charge in [0.15, 0.2) is 0 Å². The van der Waals surface area contributed by atoms with Gasteiger partial charge < -0.3 is 21.1 Å². The van der Waals surface area contributed by atoms with E-state index in [9.17, 15) is 19.4 Å². The van der Waals surface area contributed by atoms with Crippen LogP contribution in [-0.2, 0) is 18.4 Å². The molecule has 0 rings (SSSR count). The number of phosphoric acid groups is 1. The molecule has 51 heavy (non-hydrogen) atoms. The summed E-state index contributed by atoms with van der Waals surface area (Å²) < 4.78 is 22.0. The summed E-state index contributed by atoms with van der Waals surface area (Å²) in [5.41, 5.74) is 5.35. The molecule has 0 aliphatic rings. The van der Waals surface area contributed by atoms with Gasteiger partial charge in [0.25, 0.3) is 0 Å². The lowest BCUT2D eigenvalue weighted by molar-refractivity contribution is -0.123. The van der Waals surface area contributed by atoms with E-state index < -0.39 is 20.0 Å². The lowest BCUT2D eigenvalue weighted by Gasteiger charge is -2.23. The first-order valence-electron chi connectivity index (χ1n) is 21.1. The topological polar surface area (TPSA) is 131 Å². The third kappa shape index (κ3) is 36.9. The zero-order valence-electron chi connectivity index (χ0n) is 33.1. The van der Waals surface area contributed by atoms with Crippen molar-refractivity contribution < 1.29 is 28.4 Å². The third-order valence-electron chi connectivity index (χ3n) is 9.21. The molecule has 3 unspecified atom stereocenters. The van der Waals surface area contributed by atoms with Crippen LogP contribution in [0.15, 0.2) is 36.5 Å². The number of phosphoric ester groups is 1. The highest BCUT2D eigenvalue weighted by Gasteiger charge is 2.26. The minimum Gasteiger partial charge on any atom is -0.387 e. The molecule has 0 saturated heterocycles. The molecular formula is C42H81N2O6P. The van der Waals surface area contributed by atoms with E-state index in [2.05, 4.69) is 43.5 Å². The van der Waals surface area contributed by atoms with E-state index in [1.807, 2.05) is 6.08 Å². The second-order valence-electron chi connectivity index (χ2n) is 14.2. The first-order chi connectivity index (χ1) is 24.9. The second kappa shape index (κ2) is 38.4. The monoisotopic (exact) mass is 741 g/mol. The molecule has 0 aliphatic carbocycles. The lowest BCUT2D eigenvalue weighted by atomic mass is 10.0. The maximum absolute atomic E-state index is 12.7. The van der Waals surface area contributed by atoms with Gasteiger partial charge in [-0.05, 0) is 38.5 Å². The number of rotatable bonds is 39. The largest absolute Gasteiger partial charge is 0.472 e. The number of unbranched alkanes of at least 4 members (excludes halogenated alkanes) is 23. The normalized spacial score (nSPS) is 14.5. The first-order valence-corrected chi connectivity index (χ1v) is 22.6. The third-order valence-corrected chi connectivity index (χ3v) is 10.2. The van der Waals surface area contributed by atoms with Gasteiger partial charge in [-0.3, -0.25) is 13.8 Å². The Kier molecular flexibility index (Phi) is 37.5. The lowest BCUT2D eigenvalue weighted by Crippen LogP contribution is -2.45. The maximum Gasteiger partial charge on any atom is 0.472 e. The predicted octanol–water partition coefficient (Wildman–Crippen LogP) is 11.6. The van der Waals surface area contributed by atoms with E-state index in [0.29, 0.717) is 6.42 Å². The van der Waals surface area contributed by atoms with E-state index in [-0.39, 0.29) is 25.7 Å². The number of carbonyl (C=O) groups is 1. The average Bonchev–Trinajstić information content (AvgIpc) is 3.12. The van der Waals surface area contributed by atoms with Crippen LogP contribution in [0.25, 0.3) is 0 Å². The van der Waals surface area contributed by atoms with Crippen molar-refractivity contribution >= 4 is 13.7 Å². The molecule has 0 aromatic rings. The molecule has 0 aromatic carbocycles. The summed E-state index contributed by atoms with van der Waals surface area (Å²) in [5, 5.41) is 13.6. The Morgan fingerprint density at radius 3 is 1.49 bits per heavy atom. The number of amides is 1. The van der Waals surface area contributed by atoms with E-state index in [1.165, 1.54) is 122 Å². The van der Waals surface area contributed by atoms with Crippen molar-refractivity contribution in [3.8, 4) is 0 Å². The summed E-state index contributed by atoms with van der Waals surface area (Å²) in [6.07, 6.45) is 45.0. The first kappa shape index (κ1) is 49.7. The van der Waals surface area contributed by atoms with Crippen molar-refractivity contribution in [1.29, 1.82) is 0 Å². The number of nitrogens with one attached hydrogen (secondary N) is 1. The van der Waals surface area contributed by atoms with Crippen molar-refractivity contribution in [1.82, 2.24) is 5.32 Å². The Morgan fingerprint density at radius 1 is 0.647 bits per heavy atom. The highest BCUT2D eigenvalue weighted by atomic mass is 31.2. The van der Waals surface area contributed by atoms with Gasteiger partial charge in [-0.1, -0.05) is 185 Å². The molecule has 0 fully saturated rings. The van der Waals surface area contributed by atoms with Gasteiger partial charge in [0.05, 0.1) is 25.4 Å². The van der Waals surface area contributed by atoms with Crippen LogP contribution in [0.4, 0.5) is 0 Å². The minimum absolute atomic E-state index is 0.0723. The van der Waals surface area contributed by atoms with E-state index in [0.717, 1.165) is 51.4 Å². The summed E-state index contributed by atoms with van der Waals surface area (Å²) in [6, 6.07) is -0.878. The molecule has 0 saturated carbocycles. The summed E-state index contributed by atoms with van der Waals surface area (Å²) in [6.45, 7) is 3.99. The zero-order chi connectivity index (χ0) is 37.5. The molecule has 5 N–H and O–H groups in total. The van der Waals surface area contributed by atoms with Gasteiger partial charge >= 0.3 is 7.82 Å². The molecule has 0 bridgehead atoms. The Labute approximate surface area is 314 Å². The van der Waals surface area contributed by atoms with Crippen molar-refractivity contribution in [2.75, 3.05) is 19.8 Å². The number of aliphatic hydroxyl groups excluding tert-OH is 1. The van der Waals surface area contributed by atoms with Gasteiger partial charge in [-0.25, -0.2) is 4.57 Å². The number of allylic oxidation sites excluding steroid dienone is 5. The number of carbonyl (C=O) groups excluding carboxylic acids is 1. The molecule has 300 valence electrons. The molecule has 0 spiro atoms. The molecular weight excluding hydrogens is 659 g/mol. The van der Waals surface area contributed by atoms with Gasteiger partial charge in [-0.15, -0.1) is 0 Å². The van der Waals surface area contributed by atoms with Crippen LogP contribution in [0, 0.1) is 0 Å². The van der Waals surface area contributed by atoms with E-state index >= 15 is 0 Å². The van der Waals surface area contributed by atoms with Crippen LogP contribution in [0.3, 0.4) is 0 Å². The van der Waals surface area contributed by atoms with Gasteiger partial charge in [0, 0.05) is 13.0 Å². The molecule has 0 radical (unpaired) electrons. The summed E-state index contributed by atoms with van der Waals surface area (Å²) in [5.74, 6) is -0.208. The smallest absolute Gasteiger partial charge is 0.387 e. The van der Waals surface area contributed by atoms with Crippen LogP contribution in [0.5, 0.6) is 0 Å². The van der Waals surface area contributed by atoms with Gasteiger partial charge in [0.2, 0.25) is 5.91 Å². The minimum atomic E-state index is -4.34. The number of hydrogen-bond donors (Lipinski definition) is 4. The van der Waals surface area contributed by atoms with Crippen LogP contribution < -0.4 is 11.1 Å². The van der Waals surface area contributed by atoms with Gasteiger partial charge in [0.1, 0.15) is 0 Å². The van der Waals surface area contributed by atoms with Crippen molar-refractivity contribution in [2.24, 2.45) is 5.73 Å². The molecule has 8 nitrogen and oxygen atoms in total. The fourth-order valence-corrected chi connectivity index (χ4v) is 6.81. The highest BCUT2D eigenvalue weighted by Crippen LogP contribution is 2.43. The SMILES string of the molecule is CC/C=C/CC/C=C/CC/C=C/C(O)C(COP(=O)(O)OCCN)NC(=O)CCCCCCCCCCCCCCCCCCCCCCCC. The van der Waals surface area contributed by atoms with Gasteiger partial charge in [-0.2, -0.15) is 0 Å².